The molecule has 1 aromatic carbocycles. The zero-order valence-electron chi connectivity index (χ0n) is 6.97. The summed E-state index contributed by atoms with van der Waals surface area (Å²) in [6.07, 6.45) is 0.753. The van der Waals surface area contributed by atoms with E-state index in [2.05, 4.69) is 4.98 Å². The molecular formula is C9H7Cl2NO. The monoisotopic (exact) mass is 215 g/mol. The number of halogens is 2. The zero-order chi connectivity index (χ0) is 9.42. The summed E-state index contributed by atoms with van der Waals surface area (Å²) in [6.45, 7) is 1.97. The highest BCUT2D eigenvalue weighted by Crippen LogP contribution is 2.31. The lowest BCUT2D eigenvalue weighted by Crippen LogP contribution is -1.75. The van der Waals surface area contributed by atoms with Crippen LogP contribution >= 0.6 is 23.2 Å². The van der Waals surface area contributed by atoms with Crippen LogP contribution in [0.4, 0.5) is 0 Å². The van der Waals surface area contributed by atoms with Crippen LogP contribution in [0.1, 0.15) is 12.8 Å². The minimum absolute atomic E-state index is 0.436. The van der Waals surface area contributed by atoms with Gasteiger partial charge in [-0.2, -0.15) is 0 Å². The Morgan fingerprint density at radius 1 is 1.38 bits per heavy atom. The molecule has 0 unspecified atom stereocenters. The van der Waals surface area contributed by atoms with Crippen molar-refractivity contribution in [2.24, 2.45) is 0 Å². The van der Waals surface area contributed by atoms with Crippen molar-refractivity contribution in [3.05, 3.63) is 28.1 Å². The summed E-state index contributed by atoms with van der Waals surface area (Å²) in [4.78, 5) is 4.22. The van der Waals surface area contributed by atoms with E-state index < -0.39 is 0 Å². The second-order valence-corrected chi connectivity index (χ2v) is 3.46. The molecule has 0 atom stereocenters. The Labute approximate surface area is 85.5 Å². The average molecular weight is 216 g/mol. The van der Waals surface area contributed by atoms with Gasteiger partial charge in [0.2, 0.25) is 0 Å². The molecule has 0 aliphatic rings. The SMILES string of the molecule is CCc1nc2ccc(Cl)c(Cl)c2o1. The van der Waals surface area contributed by atoms with E-state index in [1.54, 1.807) is 12.1 Å². The van der Waals surface area contributed by atoms with Crippen LogP contribution < -0.4 is 0 Å². The molecular weight excluding hydrogens is 209 g/mol. The summed E-state index contributed by atoms with van der Waals surface area (Å²) >= 11 is 11.8. The quantitative estimate of drug-likeness (QED) is 0.726. The first kappa shape index (κ1) is 8.85. The van der Waals surface area contributed by atoms with Gasteiger partial charge in [-0.15, -0.1) is 0 Å². The van der Waals surface area contributed by atoms with Crippen molar-refractivity contribution in [1.29, 1.82) is 0 Å². The third-order valence-corrected chi connectivity index (χ3v) is 2.58. The number of aromatic nitrogens is 1. The van der Waals surface area contributed by atoms with Gasteiger partial charge < -0.3 is 4.42 Å². The largest absolute Gasteiger partial charge is 0.439 e. The highest BCUT2D eigenvalue weighted by molar-refractivity contribution is 6.44. The normalized spacial score (nSPS) is 11.0. The fourth-order valence-electron chi connectivity index (χ4n) is 1.13. The molecule has 0 N–H and O–H groups in total. The minimum Gasteiger partial charge on any atom is -0.439 e. The Balaban J connectivity index is 2.76. The topological polar surface area (TPSA) is 26.0 Å². The summed E-state index contributed by atoms with van der Waals surface area (Å²) in [5.74, 6) is 0.680. The Morgan fingerprint density at radius 2 is 2.15 bits per heavy atom. The van der Waals surface area contributed by atoms with E-state index in [-0.39, 0.29) is 0 Å². The molecule has 2 aromatic rings. The van der Waals surface area contributed by atoms with Gasteiger partial charge in [0.05, 0.1) is 5.02 Å². The molecule has 0 amide bonds. The number of rotatable bonds is 1. The fraction of sp³-hybridized carbons (Fsp3) is 0.222. The van der Waals surface area contributed by atoms with Crippen LogP contribution in [0.25, 0.3) is 11.1 Å². The Hall–Kier alpha value is -0.730. The molecule has 13 heavy (non-hydrogen) atoms. The maximum atomic E-state index is 5.93. The maximum Gasteiger partial charge on any atom is 0.195 e. The Morgan fingerprint density at radius 3 is 2.85 bits per heavy atom. The van der Waals surface area contributed by atoms with E-state index in [9.17, 15) is 0 Å². The van der Waals surface area contributed by atoms with Gasteiger partial charge in [-0.3, -0.25) is 0 Å². The highest BCUT2D eigenvalue weighted by atomic mass is 35.5. The standard InChI is InChI=1S/C9H7Cl2NO/c1-2-7-12-6-4-3-5(10)8(11)9(6)13-7/h3-4H,2H2,1H3. The summed E-state index contributed by atoms with van der Waals surface area (Å²) in [5, 5.41) is 0.930. The molecule has 0 saturated heterocycles. The third-order valence-electron chi connectivity index (χ3n) is 1.80. The van der Waals surface area contributed by atoms with Crippen molar-refractivity contribution in [3.8, 4) is 0 Å². The molecule has 2 nitrogen and oxygen atoms in total. The van der Waals surface area contributed by atoms with E-state index in [1.165, 1.54) is 0 Å². The molecule has 4 heteroatoms. The lowest BCUT2D eigenvalue weighted by molar-refractivity contribution is 0.538. The Bertz CT molecular complexity index is 450. The van der Waals surface area contributed by atoms with Gasteiger partial charge in [0.15, 0.2) is 11.5 Å². The van der Waals surface area contributed by atoms with Crippen molar-refractivity contribution in [1.82, 2.24) is 4.98 Å². The number of benzene rings is 1. The lowest BCUT2D eigenvalue weighted by Gasteiger charge is -1.92. The lowest BCUT2D eigenvalue weighted by atomic mass is 10.3. The first-order valence-corrected chi connectivity index (χ1v) is 4.71. The molecule has 68 valence electrons. The van der Waals surface area contributed by atoms with Gasteiger partial charge >= 0.3 is 0 Å². The number of hydrogen-bond acceptors (Lipinski definition) is 2. The predicted octanol–water partition coefficient (Wildman–Crippen LogP) is 3.70. The molecule has 1 heterocycles. The number of fused-ring (bicyclic) bond motifs is 1. The van der Waals surface area contributed by atoms with Gasteiger partial charge in [0, 0.05) is 6.42 Å². The van der Waals surface area contributed by atoms with E-state index in [0.29, 0.717) is 21.5 Å². The Kier molecular flexibility index (Phi) is 2.18. The van der Waals surface area contributed by atoms with E-state index in [1.807, 2.05) is 6.92 Å². The second-order valence-electron chi connectivity index (χ2n) is 2.67. The number of aryl methyl sites for hydroxylation is 1. The first-order chi connectivity index (χ1) is 6.22. The number of nitrogens with zero attached hydrogens (tertiary/aromatic N) is 1. The summed E-state index contributed by atoms with van der Waals surface area (Å²) < 4.78 is 5.40. The van der Waals surface area contributed by atoms with Gasteiger partial charge in [0.1, 0.15) is 10.5 Å². The molecule has 0 saturated carbocycles. The van der Waals surface area contributed by atoms with Gasteiger partial charge in [-0.1, -0.05) is 30.1 Å². The summed E-state index contributed by atoms with van der Waals surface area (Å²) in [7, 11) is 0. The van der Waals surface area contributed by atoms with Crippen molar-refractivity contribution >= 4 is 34.3 Å². The molecule has 0 fully saturated rings. The molecule has 2 rings (SSSR count). The molecule has 0 bridgehead atoms. The molecule has 0 spiro atoms. The fourth-order valence-corrected chi connectivity index (χ4v) is 1.48. The summed E-state index contributed by atoms with van der Waals surface area (Å²) in [5.41, 5.74) is 1.33. The number of hydrogen-bond donors (Lipinski definition) is 0. The molecule has 0 radical (unpaired) electrons. The molecule has 1 aromatic heterocycles. The third kappa shape index (κ3) is 1.40. The average Bonchev–Trinajstić information content (AvgIpc) is 2.55. The zero-order valence-corrected chi connectivity index (χ0v) is 8.49. The van der Waals surface area contributed by atoms with Crippen LogP contribution in [-0.2, 0) is 6.42 Å². The first-order valence-electron chi connectivity index (χ1n) is 3.95. The van der Waals surface area contributed by atoms with Crippen LogP contribution in [-0.4, -0.2) is 4.98 Å². The van der Waals surface area contributed by atoms with Gasteiger partial charge in [0.25, 0.3) is 0 Å². The van der Waals surface area contributed by atoms with E-state index in [4.69, 9.17) is 27.6 Å². The number of oxazole rings is 1. The maximum absolute atomic E-state index is 5.93. The van der Waals surface area contributed by atoms with E-state index >= 15 is 0 Å². The van der Waals surface area contributed by atoms with Crippen LogP contribution in [0.5, 0.6) is 0 Å². The van der Waals surface area contributed by atoms with Crippen molar-refractivity contribution in [2.75, 3.05) is 0 Å². The van der Waals surface area contributed by atoms with Crippen LogP contribution in [0, 0.1) is 0 Å². The van der Waals surface area contributed by atoms with Crippen molar-refractivity contribution < 1.29 is 4.42 Å². The van der Waals surface area contributed by atoms with Crippen molar-refractivity contribution in [2.45, 2.75) is 13.3 Å². The second kappa shape index (κ2) is 3.20. The predicted molar refractivity (Wildman–Crippen MR) is 53.4 cm³/mol. The smallest absolute Gasteiger partial charge is 0.195 e. The molecule has 0 aliphatic heterocycles. The van der Waals surface area contributed by atoms with Crippen LogP contribution in [0.3, 0.4) is 0 Å². The highest BCUT2D eigenvalue weighted by Gasteiger charge is 2.10. The molecule has 0 aliphatic carbocycles. The van der Waals surface area contributed by atoms with Gasteiger partial charge in [-0.25, -0.2) is 4.98 Å². The van der Waals surface area contributed by atoms with Crippen LogP contribution in [0.2, 0.25) is 10.0 Å². The van der Waals surface area contributed by atoms with Crippen LogP contribution in [0.15, 0.2) is 16.5 Å². The minimum atomic E-state index is 0.436. The van der Waals surface area contributed by atoms with Gasteiger partial charge in [-0.05, 0) is 12.1 Å². The summed E-state index contributed by atoms with van der Waals surface area (Å²) in [6, 6.07) is 3.51. The van der Waals surface area contributed by atoms with Crippen molar-refractivity contribution in [3.63, 3.8) is 0 Å². The van der Waals surface area contributed by atoms with E-state index in [0.717, 1.165) is 11.9 Å².